The van der Waals surface area contributed by atoms with Gasteiger partial charge in [0, 0.05) is 44.3 Å². The van der Waals surface area contributed by atoms with Crippen molar-refractivity contribution in [1.82, 2.24) is 14.5 Å². The van der Waals surface area contributed by atoms with Gasteiger partial charge in [-0.05, 0) is 54.7 Å². The van der Waals surface area contributed by atoms with Gasteiger partial charge in [-0.1, -0.05) is 60.7 Å². The summed E-state index contributed by atoms with van der Waals surface area (Å²) in [4.78, 5) is 33.5. The third-order valence-corrected chi connectivity index (χ3v) is 9.18. The van der Waals surface area contributed by atoms with Crippen LogP contribution in [0.1, 0.15) is 49.1 Å². The van der Waals surface area contributed by atoms with E-state index in [2.05, 4.69) is 10.3 Å². The molecule has 0 bridgehead atoms. The van der Waals surface area contributed by atoms with Crippen LogP contribution in [0.3, 0.4) is 0 Å². The first-order valence-corrected chi connectivity index (χ1v) is 15.8. The van der Waals surface area contributed by atoms with Crippen LogP contribution >= 0.6 is 0 Å². The van der Waals surface area contributed by atoms with E-state index in [0.29, 0.717) is 12.3 Å². The molecule has 1 aliphatic heterocycles. The number of amides is 1. The number of anilines is 1. The molecule has 0 radical (unpaired) electrons. The van der Waals surface area contributed by atoms with Crippen molar-refractivity contribution in [3.8, 4) is 11.6 Å². The number of benzene rings is 3. The van der Waals surface area contributed by atoms with E-state index in [1.807, 2.05) is 36.4 Å². The standard InChI is InChI=1S/C36H37F3N4O4/c37-27-11-13-28(14-12-27)47-32-31(40-22-25-7-3-1-4-8-25)34(45)43(24-41-32)23-35(46)17-19-42(20-18-35)33(44)29-15-16-36(38,39)21-30(29)26-9-5-2-6-10-26/h1-14,24,29-30,40,46H,15-23H2/t29-,30+/m1/s1. The number of nitrogens with one attached hydrogen (secondary N) is 1. The highest BCUT2D eigenvalue weighted by atomic mass is 19.3. The number of hydrogen-bond acceptors (Lipinski definition) is 6. The Bertz CT molecular complexity index is 1730. The molecule has 1 aromatic heterocycles. The molecule has 1 saturated heterocycles. The fourth-order valence-corrected chi connectivity index (χ4v) is 6.55. The molecular formula is C36H37F3N4O4. The minimum absolute atomic E-state index is 0.00669. The average molecular weight is 647 g/mol. The van der Waals surface area contributed by atoms with Gasteiger partial charge in [-0.3, -0.25) is 14.2 Å². The molecule has 2 N–H and O–H groups in total. The summed E-state index contributed by atoms with van der Waals surface area (Å²) in [5.74, 6) is -4.28. The molecule has 2 fully saturated rings. The van der Waals surface area contributed by atoms with Crippen molar-refractivity contribution in [2.24, 2.45) is 5.92 Å². The summed E-state index contributed by atoms with van der Waals surface area (Å²) >= 11 is 0. The quantitative estimate of drug-likeness (QED) is 0.220. The van der Waals surface area contributed by atoms with Crippen molar-refractivity contribution in [1.29, 1.82) is 0 Å². The van der Waals surface area contributed by atoms with Crippen LogP contribution in [0.5, 0.6) is 11.6 Å². The molecule has 6 rings (SSSR count). The van der Waals surface area contributed by atoms with E-state index in [1.165, 1.54) is 35.2 Å². The van der Waals surface area contributed by atoms with Gasteiger partial charge in [0.05, 0.1) is 12.1 Å². The first-order chi connectivity index (χ1) is 22.6. The first kappa shape index (κ1) is 32.3. The summed E-state index contributed by atoms with van der Waals surface area (Å²) in [6.45, 7) is 0.702. The second-order valence-corrected chi connectivity index (χ2v) is 12.5. The average Bonchev–Trinajstić information content (AvgIpc) is 3.07. The Kier molecular flexibility index (Phi) is 9.35. The molecule has 0 spiro atoms. The van der Waals surface area contributed by atoms with Gasteiger partial charge in [-0.25, -0.2) is 18.2 Å². The van der Waals surface area contributed by atoms with Crippen molar-refractivity contribution in [2.75, 3.05) is 18.4 Å². The number of ether oxygens (including phenoxy) is 1. The molecular weight excluding hydrogens is 609 g/mol. The number of aromatic nitrogens is 2. The van der Waals surface area contributed by atoms with E-state index >= 15 is 0 Å². The van der Waals surface area contributed by atoms with Gasteiger partial charge in [-0.2, -0.15) is 0 Å². The van der Waals surface area contributed by atoms with E-state index in [9.17, 15) is 27.9 Å². The van der Waals surface area contributed by atoms with Gasteiger partial charge in [0.2, 0.25) is 17.7 Å². The summed E-state index contributed by atoms with van der Waals surface area (Å²) < 4.78 is 49.5. The molecule has 8 nitrogen and oxygen atoms in total. The van der Waals surface area contributed by atoms with E-state index in [4.69, 9.17) is 4.74 Å². The molecule has 2 aliphatic rings. The summed E-state index contributed by atoms with van der Waals surface area (Å²) in [6, 6.07) is 23.8. The van der Waals surface area contributed by atoms with Crippen LogP contribution in [0, 0.1) is 11.7 Å². The Labute approximate surface area is 270 Å². The number of hydrogen-bond donors (Lipinski definition) is 2. The summed E-state index contributed by atoms with van der Waals surface area (Å²) in [5.41, 5.74) is -0.0423. The maximum atomic E-state index is 14.5. The minimum atomic E-state index is -2.82. The number of piperidine rings is 1. The van der Waals surface area contributed by atoms with Crippen LogP contribution in [-0.4, -0.2) is 50.1 Å². The molecule has 47 heavy (non-hydrogen) atoms. The maximum absolute atomic E-state index is 14.5. The van der Waals surface area contributed by atoms with Gasteiger partial charge < -0.3 is 20.1 Å². The van der Waals surface area contributed by atoms with Gasteiger partial charge in [0.1, 0.15) is 17.9 Å². The number of nitrogens with zero attached hydrogens (tertiary/aromatic N) is 3. The minimum Gasteiger partial charge on any atom is -0.437 e. The van der Waals surface area contributed by atoms with Crippen molar-refractivity contribution in [3.05, 3.63) is 119 Å². The van der Waals surface area contributed by atoms with Crippen LogP contribution in [0.4, 0.5) is 18.9 Å². The van der Waals surface area contributed by atoms with Gasteiger partial charge in [0.25, 0.3) is 5.56 Å². The molecule has 1 amide bonds. The number of halogens is 3. The normalized spacial score (nSPS) is 20.4. The second-order valence-electron chi connectivity index (χ2n) is 12.5. The van der Waals surface area contributed by atoms with E-state index in [-0.39, 0.29) is 69.2 Å². The van der Waals surface area contributed by atoms with Gasteiger partial charge in [-0.15, -0.1) is 0 Å². The molecule has 246 valence electrons. The zero-order chi connectivity index (χ0) is 33.0. The van der Waals surface area contributed by atoms with Crippen LogP contribution in [-0.2, 0) is 17.9 Å². The molecule has 4 aromatic rings. The molecule has 11 heteroatoms. The van der Waals surface area contributed by atoms with Crippen LogP contribution < -0.4 is 15.6 Å². The molecule has 1 aliphatic carbocycles. The Hall–Kier alpha value is -4.64. The first-order valence-electron chi connectivity index (χ1n) is 15.8. The molecule has 0 unspecified atom stereocenters. The fraction of sp³-hybridized carbons (Fsp3) is 0.361. The molecule has 2 heterocycles. The summed E-state index contributed by atoms with van der Waals surface area (Å²) in [5, 5.41) is 14.7. The number of aliphatic hydroxyl groups is 1. The predicted molar refractivity (Wildman–Crippen MR) is 171 cm³/mol. The number of alkyl halides is 2. The summed E-state index contributed by atoms with van der Waals surface area (Å²) in [7, 11) is 0. The highest BCUT2D eigenvalue weighted by Crippen LogP contribution is 2.46. The monoisotopic (exact) mass is 646 g/mol. The van der Waals surface area contributed by atoms with Gasteiger partial charge in [0.15, 0.2) is 5.69 Å². The topological polar surface area (TPSA) is 96.7 Å². The highest BCUT2D eigenvalue weighted by Gasteiger charge is 2.46. The largest absolute Gasteiger partial charge is 0.437 e. The Morgan fingerprint density at radius 1 is 0.957 bits per heavy atom. The zero-order valence-corrected chi connectivity index (χ0v) is 25.8. The van der Waals surface area contributed by atoms with Crippen molar-refractivity contribution >= 4 is 11.6 Å². The second kappa shape index (κ2) is 13.6. The Morgan fingerprint density at radius 3 is 2.30 bits per heavy atom. The van der Waals surface area contributed by atoms with Crippen molar-refractivity contribution in [3.63, 3.8) is 0 Å². The number of rotatable bonds is 9. The third kappa shape index (κ3) is 7.68. The smallest absolute Gasteiger partial charge is 0.280 e. The van der Waals surface area contributed by atoms with Gasteiger partial charge >= 0.3 is 0 Å². The van der Waals surface area contributed by atoms with Crippen LogP contribution in [0.15, 0.2) is 96.1 Å². The van der Waals surface area contributed by atoms with Crippen LogP contribution in [0.25, 0.3) is 0 Å². The number of carbonyl (C=O) groups excluding carboxylic acids is 1. The van der Waals surface area contributed by atoms with Crippen molar-refractivity contribution in [2.45, 2.75) is 62.6 Å². The van der Waals surface area contributed by atoms with E-state index in [0.717, 1.165) is 11.1 Å². The molecule has 3 aromatic carbocycles. The highest BCUT2D eigenvalue weighted by molar-refractivity contribution is 5.80. The maximum Gasteiger partial charge on any atom is 0.280 e. The lowest BCUT2D eigenvalue weighted by atomic mass is 9.73. The Balaban J connectivity index is 1.16. The molecule has 1 saturated carbocycles. The lowest BCUT2D eigenvalue weighted by Crippen LogP contribution is -2.52. The van der Waals surface area contributed by atoms with E-state index in [1.54, 1.807) is 29.2 Å². The zero-order valence-electron chi connectivity index (χ0n) is 25.8. The van der Waals surface area contributed by atoms with Crippen LogP contribution in [0.2, 0.25) is 0 Å². The number of likely N-dealkylation sites (tertiary alicyclic amines) is 1. The predicted octanol–water partition coefficient (Wildman–Crippen LogP) is 6.36. The third-order valence-electron chi connectivity index (χ3n) is 9.18. The van der Waals surface area contributed by atoms with Crippen molar-refractivity contribution < 1.29 is 27.8 Å². The van der Waals surface area contributed by atoms with E-state index < -0.39 is 34.7 Å². The molecule has 2 atom stereocenters. The fourth-order valence-electron chi connectivity index (χ4n) is 6.55. The summed E-state index contributed by atoms with van der Waals surface area (Å²) in [6.07, 6.45) is 1.09. The SMILES string of the molecule is O=C([C@@H]1CCC(F)(F)C[C@H]1c1ccccc1)N1CCC(O)(Cn2cnc(Oc3ccc(F)cc3)c(NCc3ccccc3)c2=O)CC1. The number of carbonyl (C=O) groups is 1. The lowest BCUT2D eigenvalue weighted by Gasteiger charge is -2.42. The Morgan fingerprint density at radius 2 is 1.62 bits per heavy atom. The lowest BCUT2D eigenvalue weighted by molar-refractivity contribution is -0.145.